The SMILES string of the molecule is CC1=C(C(=O)O)C(C)(C)C2=C1C(C)CCC2. The van der Waals surface area contributed by atoms with Gasteiger partial charge in [0.25, 0.3) is 0 Å². The van der Waals surface area contributed by atoms with Crippen LogP contribution in [0.1, 0.15) is 47.0 Å². The molecule has 1 atom stereocenters. The van der Waals surface area contributed by atoms with Gasteiger partial charge < -0.3 is 5.11 Å². The summed E-state index contributed by atoms with van der Waals surface area (Å²) in [5.74, 6) is -0.219. The Morgan fingerprint density at radius 1 is 1.44 bits per heavy atom. The van der Waals surface area contributed by atoms with Gasteiger partial charge in [-0.2, -0.15) is 0 Å². The summed E-state index contributed by atoms with van der Waals surface area (Å²) < 4.78 is 0. The van der Waals surface area contributed by atoms with Crippen molar-refractivity contribution in [3.05, 3.63) is 22.3 Å². The molecule has 0 fully saturated rings. The summed E-state index contributed by atoms with van der Waals surface area (Å²) in [5, 5.41) is 9.37. The summed E-state index contributed by atoms with van der Waals surface area (Å²) in [4.78, 5) is 11.4. The van der Waals surface area contributed by atoms with Gasteiger partial charge in [0.15, 0.2) is 0 Å². The molecule has 0 saturated carbocycles. The zero-order valence-electron chi connectivity index (χ0n) is 10.6. The summed E-state index contributed by atoms with van der Waals surface area (Å²) in [5.41, 5.74) is 4.10. The first-order valence-electron chi connectivity index (χ1n) is 6.06. The van der Waals surface area contributed by atoms with Gasteiger partial charge in [-0.3, -0.25) is 0 Å². The third-order valence-corrected chi connectivity index (χ3v) is 4.25. The highest BCUT2D eigenvalue weighted by Gasteiger charge is 2.43. The Balaban J connectivity index is 2.59. The van der Waals surface area contributed by atoms with Crippen LogP contribution in [0.4, 0.5) is 0 Å². The number of hydrogen-bond acceptors (Lipinski definition) is 1. The standard InChI is InChI=1S/C14H20O2/c1-8-6-5-7-10-11(8)9(2)12(13(15)16)14(10,3)4/h8H,5-7H2,1-4H3,(H,15,16). The lowest BCUT2D eigenvalue weighted by molar-refractivity contribution is -0.133. The average Bonchev–Trinajstić information content (AvgIpc) is 2.35. The van der Waals surface area contributed by atoms with Crippen molar-refractivity contribution in [2.45, 2.75) is 47.0 Å². The largest absolute Gasteiger partial charge is 0.478 e. The number of carboxylic acids is 1. The minimum atomic E-state index is -0.746. The summed E-state index contributed by atoms with van der Waals surface area (Å²) in [7, 11) is 0. The summed E-state index contributed by atoms with van der Waals surface area (Å²) in [6.45, 7) is 8.31. The van der Waals surface area contributed by atoms with Crippen molar-refractivity contribution in [2.24, 2.45) is 11.3 Å². The molecule has 0 heterocycles. The minimum Gasteiger partial charge on any atom is -0.478 e. The summed E-state index contributed by atoms with van der Waals surface area (Å²) in [6, 6.07) is 0. The van der Waals surface area contributed by atoms with Gasteiger partial charge in [-0.15, -0.1) is 0 Å². The Kier molecular flexibility index (Phi) is 2.48. The van der Waals surface area contributed by atoms with Crippen LogP contribution in [-0.2, 0) is 4.79 Å². The number of rotatable bonds is 1. The Bertz CT molecular complexity index is 410. The average molecular weight is 220 g/mol. The summed E-state index contributed by atoms with van der Waals surface area (Å²) >= 11 is 0. The van der Waals surface area contributed by atoms with Crippen molar-refractivity contribution in [2.75, 3.05) is 0 Å². The van der Waals surface area contributed by atoms with Crippen LogP contribution in [0, 0.1) is 11.3 Å². The molecule has 0 amide bonds. The monoisotopic (exact) mass is 220 g/mol. The number of hydrogen-bond donors (Lipinski definition) is 1. The number of aliphatic carboxylic acids is 1. The Morgan fingerprint density at radius 2 is 2.06 bits per heavy atom. The minimum absolute atomic E-state index is 0.264. The number of carbonyl (C=O) groups is 1. The molecule has 0 spiro atoms. The molecule has 1 N–H and O–H groups in total. The van der Waals surface area contributed by atoms with Crippen LogP contribution in [-0.4, -0.2) is 11.1 Å². The first kappa shape index (κ1) is 11.4. The lowest BCUT2D eigenvalue weighted by atomic mass is 9.74. The maximum absolute atomic E-state index is 11.4. The van der Waals surface area contributed by atoms with E-state index in [9.17, 15) is 9.90 Å². The van der Waals surface area contributed by atoms with E-state index in [1.807, 2.05) is 6.92 Å². The normalized spacial score (nSPS) is 28.4. The second-order valence-corrected chi connectivity index (χ2v) is 5.62. The molecule has 0 aromatic heterocycles. The lowest BCUT2D eigenvalue weighted by Gasteiger charge is -2.29. The Hall–Kier alpha value is -1.05. The van der Waals surface area contributed by atoms with E-state index in [4.69, 9.17) is 0 Å². The van der Waals surface area contributed by atoms with Crippen LogP contribution in [0.15, 0.2) is 22.3 Å². The second kappa shape index (κ2) is 3.47. The van der Waals surface area contributed by atoms with E-state index >= 15 is 0 Å². The van der Waals surface area contributed by atoms with Gasteiger partial charge >= 0.3 is 5.97 Å². The summed E-state index contributed by atoms with van der Waals surface area (Å²) in [6.07, 6.45) is 3.46. The van der Waals surface area contributed by atoms with E-state index in [0.29, 0.717) is 11.5 Å². The highest BCUT2D eigenvalue weighted by atomic mass is 16.4. The molecule has 0 bridgehead atoms. The second-order valence-electron chi connectivity index (χ2n) is 5.62. The molecule has 0 radical (unpaired) electrons. The van der Waals surface area contributed by atoms with E-state index < -0.39 is 5.97 Å². The molecule has 0 saturated heterocycles. The maximum Gasteiger partial charge on any atom is 0.332 e. The molecule has 88 valence electrons. The fraction of sp³-hybridized carbons (Fsp3) is 0.643. The highest BCUT2D eigenvalue weighted by Crippen LogP contribution is 2.53. The Morgan fingerprint density at radius 3 is 2.56 bits per heavy atom. The van der Waals surface area contributed by atoms with Gasteiger partial charge in [-0.25, -0.2) is 4.79 Å². The van der Waals surface area contributed by atoms with Crippen LogP contribution < -0.4 is 0 Å². The van der Waals surface area contributed by atoms with Crippen molar-refractivity contribution in [3.63, 3.8) is 0 Å². The van der Waals surface area contributed by atoms with Gasteiger partial charge in [-0.05, 0) is 43.3 Å². The zero-order valence-corrected chi connectivity index (χ0v) is 10.6. The van der Waals surface area contributed by atoms with Crippen molar-refractivity contribution in [1.29, 1.82) is 0 Å². The molecular formula is C14H20O2. The van der Waals surface area contributed by atoms with Crippen molar-refractivity contribution < 1.29 is 9.90 Å². The van der Waals surface area contributed by atoms with Gasteiger partial charge in [-0.1, -0.05) is 26.3 Å². The quantitative estimate of drug-likeness (QED) is 0.733. The predicted octanol–water partition coefficient (Wildman–Crippen LogP) is 3.54. The first-order valence-corrected chi connectivity index (χ1v) is 6.06. The maximum atomic E-state index is 11.4. The third-order valence-electron chi connectivity index (χ3n) is 4.25. The Labute approximate surface area is 97.0 Å². The fourth-order valence-corrected chi connectivity index (χ4v) is 3.59. The number of allylic oxidation sites excluding steroid dienone is 3. The molecule has 0 aliphatic heterocycles. The van der Waals surface area contributed by atoms with Gasteiger partial charge in [0.05, 0.1) is 0 Å². The van der Waals surface area contributed by atoms with E-state index in [1.165, 1.54) is 24.0 Å². The molecular weight excluding hydrogens is 200 g/mol. The third kappa shape index (κ3) is 1.35. The van der Waals surface area contributed by atoms with Crippen LogP contribution in [0.5, 0.6) is 0 Å². The molecule has 16 heavy (non-hydrogen) atoms. The molecule has 2 nitrogen and oxygen atoms in total. The van der Waals surface area contributed by atoms with E-state index in [2.05, 4.69) is 20.8 Å². The lowest BCUT2D eigenvalue weighted by Crippen LogP contribution is -2.22. The molecule has 0 aromatic carbocycles. The van der Waals surface area contributed by atoms with Crippen LogP contribution >= 0.6 is 0 Å². The van der Waals surface area contributed by atoms with E-state index in [-0.39, 0.29) is 5.41 Å². The zero-order chi connectivity index (χ0) is 12.1. The van der Waals surface area contributed by atoms with Crippen LogP contribution in [0.25, 0.3) is 0 Å². The predicted molar refractivity (Wildman–Crippen MR) is 64.2 cm³/mol. The van der Waals surface area contributed by atoms with Crippen molar-refractivity contribution in [3.8, 4) is 0 Å². The molecule has 2 aliphatic carbocycles. The highest BCUT2D eigenvalue weighted by molar-refractivity contribution is 5.92. The van der Waals surface area contributed by atoms with Crippen LogP contribution in [0.2, 0.25) is 0 Å². The molecule has 2 aliphatic rings. The van der Waals surface area contributed by atoms with E-state index in [1.54, 1.807) is 0 Å². The van der Waals surface area contributed by atoms with Gasteiger partial charge in [0.2, 0.25) is 0 Å². The molecule has 2 rings (SSSR count). The molecule has 1 unspecified atom stereocenters. The fourth-order valence-electron chi connectivity index (χ4n) is 3.59. The number of carboxylic acid groups (broad SMARTS) is 1. The van der Waals surface area contributed by atoms with Gasteiger partial charge in [0, 0.05) is 11.0 Å². The van der Waals surface area contributed by atoms with Crippen LogP contribution in [0.3, 0.4) is 0 Å². The van der Waals surface area contributed by atoms with Crippen molar-refractivity contribution >= 4 is 5.97 Å². The smallest absolute Gasteiger partial charge is 0.332 e. The molecule has 0 aromatic rings. The van der Waals surface area contributed by atoms with Gasteiger partial charge in [0.1, 0.15) is 0 Å². The molecule has 2 heteroatoms. The van der Waals surface area contributed by atoms with E-state index in [0.717, 1.165) is 12.0 Å². The first-order chi connectivity index (χ1) is 7.37. The van der Waals surface area contributed by atoms with Crippen molar-refractivity contribution in [1.82, 2.24) is 0 Å². The topological polar surface area (TPSA) is 37.3 Å².